The van der Waals surface area contributed by atoms with E-state index in [2.05, 4.69) is 29.0 Å². The van der Waals surface area contributed by atoms with Crippen LogP contribution in [-0.2, 0) is 0 Å². The summed E-state index contributed by atoms with van der Waals surface area (Å²) < 4.78 is 0. The van der Waals surface area contributed by atoms with E-state index in [9.17, 15) is 5.11 Å². The fourth-order valence-electron chi connectivity index (χ4n) is 2.99. The number of nitrogens with zero attached hydrogens (tertiary/aromatic N) is 2. The van der Waals surface area contributed by atoms with Gasteiger partial charge in [0, 0.05) is 12.8 Å². The molecular weight excluding hydrogens is 272 g/mol. The van der Waals surface area contributed by atoms with Gasteiger partial charge in [-0.05, 0) is 39.0 Å². The molecule has 0 amide bonds. The van der Waals surface area contributed by atoms with Gasteiger partial charge < -0.3 is 5.11 Å². The van der Waals surface area contributed by atoms with Gasteiger partial charge in [0.1, 0.15) is 12.4 Å². The van der Waals surface area contributed by atoms with Crippen LogP contribution in [0.1, 0.15) is 84.5 Å². The number of rotatable bonds is 13. The van der Waals surface area contributed by atoms with E-state index < -0.39 is 0 Å². The highest BCUT2D eigenvalue weighted by Gasteiger charge is 2.23. The summed E-state index contributed by atoms with van der Waals surface area (Å²) in [6.45, 7) is 4.86. The van der Waals surface area contributed by atoms with Gasteiger partial charge in [-0.1, -0.05) is 57.6 Å². The molecule has 2 unspecified atom stereocenters. The lowest BCUT2D eigenvalue weighted by molar-refractivity contribution is 0.00710. The summed E-state index contributed by atoms with van der Waals surface area (Å²) in [5.41, 5.74) is 0. The van der Waals surface area contributed by atoms with Gasteiger partial charge in [-0.15, -0.1) is 0 Å². The highest BCUT2D eigenvalue weighted by molar-refractivity contribution is 5.62. The number of aliphatic hydroxyl groups is 1. The van der Waals surface area contributed by atoms with Crippen LogP contribution in [-0.4, -0.2) is 35.2 Å². The van der Waals surface area contributed by atoms with Crippen molar-refractivity contribution in [3.05, 3.63) is 12.2 Å². The van der Waals surface area contributed by atoms with Crippen LogP contribution in [0.25, 0.3) is 0 Å². The molecule has 0 aliphatic carbocycles. The van der Waals surface area contributed by atoms with Crippen LogP contribution in [0.15, 0.2) is 17.1 Å². The van der Waals surface area contributed by atoms with Crippen molar-refractivity contribution < 1.29 is 5.11 Å². The van der Waals surface area contributed by atoms with Crippen LogP contribution in [0.2, 0.25) is 0 Å². The largest absolute Gasteiger partial charge is 0.379 e. The second kappa shape index (κ2) is 12.8. The fourth-order valence-corrected chi connectivity index (χ4v) is 2.99. The van der Waals surface area contributed by atoms with Crippen molar-refractivity contribution in [1.82, 2.24) is 4.90 Å². The van der Waals surface area contributed by atoms with E-state index in [-0.39, 0.29) is 12.4 Å². The van der Waals surface area contributed by atoms with Crippen LogP contribution in [0.3, 0.4) is 0 Å². The van der Waals surface area contributed by atoms with Crippen molar-refractivity contribution in [2.75, 3.05) is 6.54 Å². The molecule has 0 aromatic carbocycles. The van der Waals surface area contributed by atoms with E-state index in [0.717, 1.165) is 13.0 Å². The maximum atomic E-state index is 9.65. The molecular formula is C19H36N2O. The van der Waals surface area contributed by atoms with Crippen LogP contribution < -0.4 is 0 Å². The number of allylic oxidation sites excluding steroid dienone is 2. The predicted octanol–water partition coefficient (Wildman–Crippen LogP) is 4.90. The lowest BCUT2D eigenvalue weighted by atomic mass is 10.1. The summed E-state index contributed by atoms with van der Waals surface area (Å²) in [4.78, 5) is 6.52. The maximum Gasteiger partial charge on any atom is 0.106 e. The molecule has 1 aliphatic rings. The molecule has 1 heterocycles. The van der Waals surface area contributed by atoms with Gasteiger partial charge in [0.2, 0.25) is 0 Å². The normalized spacial score (nSPS) is 20.2. The highest BCUT2D eigenvalue weighted by atomic mass is 16.3. The van der Waals surface area contributed by atoms with Crippen LogP contribution in [0.5, 0.6) is 0 Å². The molecule has 1 aliphatic heterocycles. The molecule has 0 fully saturated rings. The summed E-state index contributed by atoms with van der Waals surface area (Å²) in [5.74, 6) is 0. The summed E-state index contributed by atoms with van der Waals surface area (Å²) in [7, 11) is 0. The van der Waals surface area contributed by atoms with Crippen molar-refractivity contribution in [3.8, 4) is 0 Å². The predicted molar refractivity (Wildman–Crippen MR) is 96.3 cm³/mol. The molecule has 0 bridgehead atoms. The maximum absolute atomic E-state index is 9.65. The minimum absolute atomic E-state index is 0.218. The van der Waals surface area contributed by atoms with Gasteiger partial charge in [0.25, 0.3) is 0 Å². The second-order valence-corrected chi connectivity index (χ2v) is 6.45. The third-order valence-corrected chi connectivity index (χ3v) is 4.39. The SMILES string of the molecule is CCC/C=C/CCCCCCCCCC1N=CCN1C(C)O. The zero-order valence-corrected chi connectivity index (χ0v) is 14.7. The standard InChI is InChI=1S/C19H36N2O/c1-3-4-5-6-7-8-9-10-11-12-13-14-15-19-20-16-17-21(19)18(2)22/h5-6,16,18-19,22H,3-4,7-15,17H2,1-2H3/b6-5+. The molecule has 1 rings (SSSR count). The first-order valence-electron chi connectivity index (χ1n) is 9.36. The van der Waals surface area contributed by atoms with Crippen molar-refractivity contribution in [3.63, 3.8) is 0 Å². The van der Waals surface area contributed by atoms with E-state index in [0.29, 0.717) is 0 Å². The number of aliphatic hydroxyl groups excluding tert-OH is 1. The van der Waals surface area contributed by atoms with Gasteiger partial charge in [-0.2, -0.15) is 0 Å². The zero-order chi connectivity index (χ0) is 16.0. The Morgan fingerprint density at radius 3 is 2.41 bits per heavy atom. The summed E-state index contributed by atoms with van der Waals surface area (Å²) in [6.07, 6.45) is 20.6. The molecule has 3 heteroatoms. The lowest BCUT2D eigenvalue weighted by Gasteiger charge is -2.25. The number of hydrogen-bond donors (Lipinski definition) is 1. The van der Waals surface area contributed by atoms with Crippen LogP contribution >= 0.6 is 0 Å². The number of unbranched alkanes of at least 4 members (excludes halogenated alkanes) is 8. The third kappa shape index (κ3) is 8.70. The Morgan fingerprint density at radius 2 is 1.73 bits per heavy atom. The summed E-state index contributed by atoms with van der Waals surface area (Å²) >= 11 is 0. The smallest absolute Gasteiger partial charge is 0.106 e. The molecule has 0 radical (unpaired) electrons. The average molecular weight is 309 g/mol. The molecule has 22 heavy (non-hydrogen) atoms. The van der Waals surface area contributed by atoms with Gasteiger partial charge in [-0.3, -0.25) is 9.89 Å². The van der Waals surface area contributed by atoms with Crippen LogP contribution in [0, 0.1) is 0 Å². The van der Waals surface area contributed by atoms with E-state index in [1.807, 2.05) is 13.1 Å². The molecule has 0 spiro atoms. The Bertz CT molecular complexity index is 313. The van der Waals surface area contributed by atoms with Crippen molar-refractivity contribution in [1.29, 1.82) is 0 Å². The molecule has 0 saturated heterocycles. The number of aliphatic imine (C=N–C) groups is 1. The molecule has 0 aromatic heterocycles. The summed E-state index contributed by atoms with van der Waals surface area (Å²) in [5, 5.41) is 9.65. The van der Waals surface area contributed by atoms with Gasteiger partial charge in [0.15, 0.2) is 0 Å². The van der Waals surface area contributed by atoms with E-state index >= 15 is 0 Å². The Labute approximate surface area is 137 Å². The zero-order valence-electron chi connectivity index (χ0n) is 14.7. The quantitative estimate of drug-likeness (QED) is 0.388. The average Bonchev–Trinajstić information content (AvgIpc) is 2.97. The van der Waals surface area contributed by atoms with E-state index in [1.54, 1.807) is 0 Å². The minimum Gasteiger partial charge on any atom is -0.379 e. The first-order valence-corrected chi connectivity index (χ1v) is 9.36. The topological polar surface area (TPSA) is 35.8 Å². The molecule has 0 aromatic rings. The van der Waals surface area contributed by atoms with Crippen molar-refractivity contribution >= 4 is 6.21 Å². The Morgan fingerprint density at radius 1 is 1.09 bits per heavy atom. The van der Waals surface area contributed by atoms with Gasteiger partial charge in [0.05, 0.1) is 0 Å². The molecule has 128 valence electrons. The monoisotopic (exact) mass is 308 g/mol. The third-order valence-electron chi connectivity index (χ3n) is 4.39. The Kier molecular flexibility index (Phi) is 11.3. The first-order chi connectivity index (χ1) is 10.8. The van der Waals surface area contributed by atoms with Crippen LogP contribution in [0.4, 0.5) is 0 Å². The summed E-state index contributed by atoms with van der Waals surface area (Å²) in [6, 6.07) is 0. The first kappa shape index (κ1) is 19.4. The Balaban J connectivity index is 1.87. The molecule has 0 saturated carbocycles. The van der Waals surface area contributed by atoms with E-state index in [1.165, 1.54) is 64.2 Å². The van der Waals surface area contributed by atoms with Gasteiger partial charge in [-0.25, -0.2) is 0 Å². The molecule has 2 atom stereocenters. The highest BCUT2D eigenvalue weighted by Crippen LogP contribution is 2.17. The second-order valence-electron chi connectivity index (χ2n) is 6.45. The molecule has 3 nitrogen and oxygen atoms in total. The van der Waals surface area contributed by atoms with E-state index in [4.69, 9.17) is 0 Å². The van der Waals surface area contributed by atoms with Crippen molar-refractivity contribution in [2.45, 2.75) is 96.9 Å². The Hall–Kier alpha value is -0.670. The lowest BCUT2D eigenvalue weighted by Crippen LogP contribution is -2.37. The number of hydrogen-bond acceptors (Lipinski definition) is 3. The molecule has 1 N–H and O–H groups in total. The van der Waals surface area contributed by atoms with Gasteiger partial charge >= 0.3 is 0 Å². The van der Waals surface area contributed by atoms with Crippen molar-refractivity contribution in [2.24, 2.45) is 4.99 Å². The minimum atomic E-state index is -0.376. The fraction of sp³-hybridized carbons (Fsp3) is 0.842.